The van der Waals surface area contributed by atoms with Crippen LogP contribution >= 0.6 is 0 Å². The fourth-order valence-corrected chi connectivity index (χ4v) is 4.62. The Morgan fingerprint density at radius 3 is 2.45 bits per heavy atom. The first kappa shape index (κ1) is 21.3. The van der Waals surface area contributed by atoms with Gasteiger partial charge in [0.15, 0.2) is 0 Å². The molecule has 0 unspecified atom stereocenters. The molecule has 5 nitrogen and oxygen atoms in total. The van der Waals surface area contributed by atoms with E-state index in [0.29, 0.717) is 11.3 Å². The molecule has 1 saturated heterocycles. The van der Waals surface area contributed by atoms with Crippen molar-refractivity contribution in [1.82, 2.24) is 4.90 Å². The van der Waals surface area contributed by atoms with E-state index < -0.39 is 0 Å². The number of nitrogens with one attached hydrogen (secondary N) is 2. The average Bonchev–Trinajstić information content (AvgIpc) is 3.19. The van der Waals surface area contributed by atoms with E-state index in [-0.39, 0.29) is 5.91 Å². The van der Waals surface area contributed by atoms with Crippen LogP contribution in [0.1, 0.15) is 36.0 Å². The Bertz CT molecular complexity index is 1160. The van der Waals surface area contributed by atoms with Gasteiger partial charge in [0, 0.05) is 23.9 Å². The Morgan fingerprint density at radius 1 is 0.970 bits per heavy atom. The number of anilines is 2. The lowest BCUT2D eigenvalue weighted by molar-refractivity contribution is -0.110. The largest absolute Gasteiger partial charge is 0.497 e. The van der Waals surface area contributed by atoms with Gasteiger partial charge in [0.25, 0.3) is 5.91 Å². The summed E-state index contributed by atoms with van der Waals surface area (Å²) in [6.07, 6.45) is 3.94. The highest BCUT2D eigenvalue weighted by molar-refractivity contribution is 6.37. The molecule has 5 rings (SSSR count). The molecule has 0 atom stereocenters. The molecule has 3 aromatic carbocycles. The minimum absolute atomic E-state index is 0.119. The molecule has 1 fully saturated rings. The van der Waals surface area contributed by atoms with E-state index in [1.54, 1.807) is 7.11 Å². The number of nitrogens with zero attached hydrogens (tertiary/aromatic N) is 1. The standard InChI is InChI=1S/C28H29N3O2/c1-33-23-14-15-24-25(18-23)30-28(32)26(24)27(21-8-4-2-5-9-21)29-22-12-10-20(11-13-22)19-31-16-6-3-7-17-31/h2,4-5,8-15,18,29H,3,6-7,16-17,19H2,1H3,(H,30,32)/b27-26-. The number of likely N-dealkylation sites (tertiary alicyclic amines) is 1. The summed E-state index contributed by atoms with van der Waals surface area (Å²) in [5.74, 6) is 0.597. The summed E-state index contributed by atoms with van der Waals surface area (Å²) in [5, 5.41) is 6.53. The summed E-state index contributed by atoms with van der Waals surface area (Å²) >= 11 is 0. The number of rotatable bonds is 6. The SMILES string of the molecule is COc1ccc2c(c1)NC(=O)/C2=C(\Nc1ccc(CN2CCCCC2)cc1)c1ccccc1. The molecule has 3 aromatic rings. The second-order valence-corrected chi connectivity index (χ2v) is 8.64. The molecular weight excluding hydrogens is 410 g/mol. The maximum absolute atomic E-state index is 13.1. The van der Waals surface area contributed by atoms with Gasteiger partial charge in [-0.25, -0.2) is 0 Å². The topological polar surface area (TPSA) is 53.6 Å². The van der Waals surface area contributed by atoms with E-state index in [1.807, 2.05) is 48.5 Å². The molecular formula is C28H29N3O2. The Hall–Kier alpha value is -3.57. The predicted octanol–water partition coefficient (Wildman–Crippen LogP) is 5.61. The molecule has 5 heteroatoms. The van der Waals surface area contributed by atoms with Crippen LogP contribution in [0.25, 0.3) is 11.3 Å². The van der Waals surface area contributed by atoms with Crippen LogP contribution in [-0.4, -0.2) is 31.0 Å². The summed E-state index contributed by atoms with van der Waals surface area (Å²) in [4.78, 5) is 15.6. The highest BCUT2D eigenvalue weighted by atomic mass is 16.5. The normalized spacial score (nSPS) is 17.3. The Morgan fingerprint density at radius 2 is 1.73 bits per heavy atom. The number of ether oxygens (including phenoxy) is 1. The third-order valence-corrected chi connectivity index (χ3v) is 6.36. The molecule has 1 amide bonds. The van der Waals surface area contributed by atoms with Gasteiger partial charge in [-0.2, -0.15) is 0 Å². The molecule has 0 aliphatic carbocycles. The number of piperidine rings is 1. The maximum Gasteiger partial charge on any atom is 0.258 e. The molecule has 2 N–H and O–H groups in total. The van der Waals surface area contributed by atoms with E-state index in [9.17, 15) is 4.79 Å². The highest BCUT2D eigenvalue weighted by Gasteiger charge is 2.28. The van der Waals surface area contributed by atoms with Crippen molar-refractivity contribution in [3.05, 3.63) is 89.5 Å². The van der Waals surface area contributed by atoms with Crippen molar-refractivity contribution in [2.75, 3.05) is 30.8 Å². The highest BCUT2D eigenvalue weighted by Crippen LogP contribution is 2.39. The third-order valence-electron chi connectivity index (χ3n) is 6.36. The number of methoxy groups -OCH3 is 1. The van der Waals surface area contributed by atoms with E-state index in [1.165, 1.54) is 37.9 Å². The summed E-state index contributed by atoms with van der Waals surface area (Å²) in [5.41, 5.74) is 6.29. The minimum Gasteiger partial charge on any atom is -0.497 e. The molecule has 0 spiro atoms. The van der Waals surface area contributed by atoms with Gasteiger partial charge in [-0.3, -0.25) is 9.69 Å². The first-order chi connectivity index (χ1) is 16.2. The fraction of sp³-hybridized carbons (Fsp3) is 0.250. The first-order valence-electron chi connectivity index (χ1n) is 11.6. The van der Waals surface area contributed by atoms with Crippen molar-refractivity contribution >= 4 is 28.6 Å². The van der Waals surface area contributed by atoms with Gasteiger partial charge in [-0.1, -0.05) is 48.9 Å². The molecule has 2 aliphatic rings. The number of amides is 1. The van der Waals surface area contributed by atoms with E-state index in [0.717, 1.165) is 34.7 Å². The Labute approximate surface area is 195 Å². The maximum atomic E-state index is 13.1. The van der Waals surface area contributed by atoms with Gasteiger partial charge in [0.2, 0.25) is 0 Å². The van der Waals surface area contributed by atoms with Crippen molar-refractivity contribution in [3.63, 3.8) is 0 Å². The molecule has 0 radical (unpaired) electrons. The zero-order chi connectivity index (χ0) is 22.6. The van der Waals surface area contributed by atoms with Gasteiger partial charge in [0.1, 0.15) is 5.75 Å². The van der Waals surface area contributed by atoms with Gasteiger partial charge in [-0.15, -0.1) is 0 Å². The zero-order valence-corrected chi connectivity index (χ0v) is 18.9. The predicted molar refractivity (Wildman–Crippen MR) is 134 cm³/mol. The second-order valence-electron chi connectivity index (χ2n) is 8.64. The number of hydrogen-bond acceptors (Lipinski definition) is 4. The van der Waals surface area contributed by atoms with Crippen molar-refractivity contribution in [3.8, 4) is 5.75 Å². The number of carbonyl (C=O) groups excluding carboxylic acids is 1. The van der Waals surface area contributed by atoms with Gasteiger partial charge >= 0.3 is 0 Å². The van der Waals surface area contributed by atoms with E-state index in [4.69, 9.17) is 4.74 Å². The van der Waals surface area contributed by atoms with Gasteiger partial charge in [-0.05, 0) is 61.3 Å². The lowest BCUT2D eigenvalue weighted by Gasteiger charge is -2.26. The number of hydrogen-bond donors (Lipinski definition) is 2. The Kier molecular flexibility index (Phi) is 6.13. The number of carbonyl (C=O) groups is 1. The van der Waals surface area contributed by atoms with Crippen LogP contribution in [-0.2, 0) is 11.3 Å². The minimum atomic E-state index is -0.119. The molecule has 2 heterocycles. The van der Waals surface area contributed by atoms with Gasteiger partial charge in [0.05, 0.1) is 24.1 Å². The summed E-state index contributed by atoms with van der Waals surface area (Å²) in [6.45, 7) is 3.36. The lowest BCUT2D eigenvalue weighted by Crippen LogP contribution is -2.29. The molecule has 0 saturated carbocycles. The van der Waals surface area contributed by atoms with Crippen LogP contribution in [0.5, 0.6) is 5.75 Å². The van der Waals surface area contributed by atoms with E-state index in [2.05, 4.69) is 39.8 Å². The first-order valence-corrected chi connectivity index (χ1v) is 11.6. The summed E-state index contributed by atoms with van der Waals surface area (Å²) < 4.78 is 5.33. The average molecular weight is 440 g/mol. The van der Waals surface area contributed by atoms with Gasteiger partial charge < -0.3 is 15.4 Å². The molecule has 33 heavy (non-hydrogen) atoms. The quantitative estimate of drug-likeness (QED) is 0.490. The summed E-state index contributed by atoms with van der Waals surface area (Å²) in [7, 11) is 1.63. The molecule has 0 bridgehead atoms. The third kappa shape index (κ3) is 4.64. The zero-order valence-electron chi connectivity index (χ0n) is 18.9. The number of benzene rings is 3. The van der Waals surface area contributed by atoms with Crippen molar-refractivity contribution in [2.45, 2.75) is 25.8 Å². The van der Waals surface area contributed by atoms with Crippen molar-refractivity contribution in [1.29, 1.82) is 0 Å². The second kappa shape index (κ2) is 9.51. The van der Waals surface area contributed by atoms with Crippen LogP contribution in [0.15, 0.2) is 72.8 Å². The van der Waals surface area contributed by atoms with Crippen LogP contribution in [0.2, 0.25) is 0 Å². The van der Waals surface area contributed by atoms with Crippen LogP contribution in [0, 0.1) is 0 Å². The van der Waals surface area contributed by atoms with Crippen LogP contribution in [0.4, 0.5) is 11.4 Å². The lowest BCUT2D eigenvalue weighted by atomic mass is 10.00. The summed E-state index contributed by atoms with van der Waals surface area (Å²) in [6, 6.07) is 24.2. The molecule has 2 aliphatic heterocycles. The fourth-order valence-electron chi connectivity index (χ4n) is 4.62. The van der Waals surface area contributed by atoms with Crippen molar-refractivity contribution in [2.24, 2.45) is 0 Å². The smallest absolute Gasteiger partial charge is 0.258 e. The molecule has 0 aromatic heterocycles. The van der Waals surface area contributed by atoms with Crippen LogP contribution in [0.3, 0.4) is 0 Å². The van der Waals surface area contributed by atoms with E-state index >= 15 is 0 Å². The molecule has 168 valence electrons. The van der Waals surface area contributed by atoms with Crippen LogP contribution < -0.4 is 15.4 Å². The monoisotopic (exact) mass is 439 g/mol. The van der Waals surface area contributed by atoms with Crippen molar-refractivity contribution < 1.29 is 9.53 Å². The number of fused-ring (bicyclic) bond motifs is 1. The Balaban J connectivity index is 1.47.